The molecule has 0 aromatic carbocycles. The predicted octanol–water partition coefficient (Wildman–Crippen LogP) is 0.504. The number of hydrogen-bond acceptors (Lipinski definition) is 5. The first-order valence-electron chi connectivity index (χ1n) is 4.53. The van der Waals surface area contributed by atoms with Gasteiger partial charge in [-0.2, -0.15) is 8.42 Å². The van der Waals surface area contributed by atoms with Gasteiger partial charge < -0.3 is 9.47 Å². The molecule has 0 aliphatic carbocycles. The first kappa shape index (κ1) is 11.9. The van der Waals surface area contributed by atoms with Gasteiger partial charge in [-0.1, -0.05) is 0 Å². The van der Waals surface area contributed by atoms with Gasteiger partial charge in [0.25, 0.3) is 10.1 Å². The van der Waals surface area contributed by atoms with Crippen LogP contribution in [0.25, 0.3) is 0 Å². The molecular formula is C8H16O5S. The van der Waals surface area contributed by atoms with Gasteiger partial charge in [0.1, 0.15) is 6.10 Å². The Balaban J connectivity index is 2.44. The Kier molecular flexibility index (Phi) is 3.52. The first-order valence-corrected chi connectivity index (χ1v) is 6.11. The molecule has 0 radical (unpaired) electrons. The highest BCUT2D eigenvalue weighted by Gasteiger charge is 2.31. The molecule has 0 N–H and O–H groups in total. The lowest BCUT2D eigenvalue weighted by Gasteiger charge is -2.34. The molecule has 1 aliphatic heterocycles. The van der Waals surface area contributed by atoms with Crippen molar-refractivity contribution in [2.45, 2.75) is 32.7 Å². The number of hydrogen-bond donors (Lipinski definition) is 0. The number of rotatable bonds is 3. The first-order chi connectivity index (χ1) is 6.35. The van der Waals surface area contributed by atoms with Crippen molar-refractivity contribution >= 4 is 10.1 Å². The van der Waals surface area contributed by atoms with Gasteiger partial charge in [0.2, 0.25) is 0 Å². The van der Waals surface area contributed by atoms with Gasteiger partial charge in [-0.05, 0) is 20.8 Å². The van der Waals surface area contributed by atoms with Crippen molar-refractivity contribution in [1.82, 2.24) is 0 Å². The lowest BCUT2D eigenvalue weighted by molar-refractivity contribution is -0.268. The van der Waals surface area contributed by atoms with Gasteiger partial charge in [0.05, 0.1) is 19.0 Å². The molecular weight excluding hydrogens is 208 g/mol. The maximum absolute atomic E-state index is 11.1. The van der Waals surface area contributed by atoms with Crippen LogP contribution in [0.5, 0.6) is 0 Å². The fourth-order valence-corrected chi connectivity index (χ4v) is 1.67. The van der Waals surface area contributed by atoms with Crippen LogP contribution < -0.4 is 0 Å². The maximum Gasteiger partial charge on any atom is 0.267 e. The summed E-state index contributed by atoms with van der Waals surface area (Å²) in [7, 11) is -3.42. The molecule has 5 nitrogen and oxygen atoms in total. The van der Waals surface area contributed by atoms with Crippen molar-refractivity contribution in [3.05, 3.63) is 0 Å². The van der Waals surface area contributed by atoms with Crippen LogP contribution >= 0.6 is 0 Å². The molecule has 0 bridgehead atoms. The summed E-state index contributed by atoms with van der Waals surface area (Å²) in [5.74, 6) is -0.678. The number of ether oxygens (including phenoxy) is 2. The summed E-state index contributed by atoms with van der Waals surface area (Å²) in [6.07, 6.45) is -0.520. The van der Waals surface area contributed by atoms with E-state index in [1.807, 2.05) is 0 Å². The highest BCUT2D eigenvalue weighted by Crippen LogP contribution is 2.19. The standard InChI is InChI=1S/C8H16O5S/c1-4-14(9,10)13-7-5-11-8(2,3)12-6-7/h7H,4-6H2,1-3H3. The second kappa shape index (κ2) is 4.14. The van der Waals surface area contributed by atoms with Gasteiger partial charge in [-0.25, -0.2) is 0 Å². The topological polar surface area (TPSA) is 61.8 Å². The van der Waals surface area contributed by atoms with Crippen LogP contribution in [0.15, 0.2) is 0 Å². The second-order valence-electron chi connectivity index (χ2n) is 3.59. The molecule has 1 heterocycles. The Morgan fingerprint density at radius 2 is 1.86 bits per heavy atom. The van der Waals surface area contributed by atoms with Gasteiger partial charge >= 0.3 is 0 Å². The molecule has 0 amide bonds. The molecule has 1 fully saturated rings. The quantitative estimate of drug-likeness (QED) is 0.653. The summed E-state index contributed by atoms with van der Waals surface area (Å²) in [6, 6.07) is 0. The summed E-state index contributed by atoms with van der Waals surface area (Å²) in [4.78, 5) is 0. The Labute approximate surface area is 84.5 Å². The van der Waals surface area contributed by atoms with E-state index in [9.17, 15) is 8.42 Å². The van der Waals surface area contributed by atoms with Crippen LogP contribution in [0.2, 0.25) is 0 Å². The molecule has 0 aromatic rings. The minimum absolute atomic E-state index is 0.0348. The van der Waals surface area contributed by atoms with Crippen LogP contribution in [0.3, 0.4) is 0 Å². The minimum Gasteiger partial charge on any atom is -0.348 e. The van der Waals surface area contributed by atoms with Gasteiger partial charge in [0, 0.05) is 0 Å². The van der Waals surface area contributed by atoms with Crippen LogP contribution in [0.4, 0.5) is 0 Å². The summed E-state index contributed by atoms with van der Waals surface area (Å²) in [5, 5.41) is 0. The van der Waals surface area contributed by atoms with E-state index in [1.54, 1.807) is 13.8 Å². The maximum atomic E-state index is 11.1. The molecule has 1 rings (SSSR count). The molecule has 6 heteroatoms. The monoisotopic (exact) mass is 224 g/mol. The fraction of sp³-hybridized carbons (Fsp3) is 1.00. The highest BCUT2D eigenvalue weighted by atomic mass is 32.2. The highest BCUT2D eigenvalue weighted by molar-refractivity contribution is 7.86. The molecule has 84 valence electrons. The van der Waals surface area contributed by atoms with Gasteiger partial charge in [0.15, 0.2) is 5.79 Å². The molecule has 0 spiro atoms. The summed E-state index contributed by atoms with van der Waals surface area (Å²) >= 11 is 0. The zero-order valence-electron chi connectivity index (χ0n) is 8.65. The van der Waals surface area contributed by atoms with E-state index in [-0.39, 0.29) is 19.0 Å². The molecule has 1 aliphatic rings. The smallest absolute Gasteiger partial charge is 0.267 e. The van der Waals surface area contributed by atoms with Crippen molar-refractivity contribution in [2.75, 3.05) is 19.0 Å². The lowest BCUT2D eigenvalue weighted by atomic mass is 10.3. The van der Waals surface area contributed by atoms with E-state index in [4.69, 9.17) is 13.7 Å². The Bertz CT molecular complexity index is 272. The average Bonchev–Trinajstić information content (AvgIpc) is 2.09. The van der Waals surface area contributed by atoms with Crippen molar-refractivity contribution in [2.24, 2.45) is 0 Å². The van der Waals surface area contributed by atoms with Crippen molar-refractivity contribution in [1.29, 1.82) is 0 Å². The van der Waals surface area contributed by atoms with E-state index in [0.717, 1.165) is 0 Å². The summed E-state index contributed by atoms with van der Waals surface area (Å²) in [6.45, 7) is 5.57. The van der Waals surface area contributed by atoms with Gasteiger partial charge in [-0.3, -0.25) is 4.18 Å². The van der Waals surface area contributed by atoms with Crippen molar-refractivity contribution in [3.8, 4) is 0 Å². The third-order valence-corrected chi connectivity index (χ3v) is 3.14. The normalized spacial score (nSPS) is 23.6. The molecule has 1 saturated heterocycles. The predicted molar refractivity (Wildman–Crippen MR) is 50.3 cm³/mol. The third kappa shape index (κ3) is 3.53. The zero-order valence-corrected chi connectivity index (χ0v) is 9.46. The van der Waals surface area contributed by atoms with E-state index in [2.05, 4.69) is 0 Å². The Morgan fingerprint density at radius 3 is 2.29 bits per heavy atom. The zero-order chi connectivity index (χ0) is 10.8. The van der Waals surface area contributed by atoms with Crippen molar-refractivity contribution < 1.29 is 22.1 Å². The minimum atomic E-state index is -3.42. The average molecular weight is 224 g/mol. The molecule has 0 aromatic heterocycles. The van der Waals surface area contributed by atoms with E-state index >= 15 is 0 Å². The van der Waals surface area contributed by atoms with Crippen LogP contribution in [0, 0.1) is 0 Å². The van der Waals surface area contributed by atoms with E-state index in [0.29, 0.717) is 0 Å². The van der Waals surface area contributed by atoms with Crippen LogP contribution in [-0.2, 0) is 23.8 Å². The van der Waals surface area contributed by atoms with Crippen LogP contribution in [0.1, 0.15) is 20.8 Å². The molecule has 14 heavy (non-hydrogen) atoms. The third-order valence-electron chi connectivity index (χ3n) is 1.87. The van der Waals surface area contributed by atoms with Crippen molar-refractivity contribution in [3.63, 3.8) is 0 Å². The SMILES string of the molecule is CCS(=O)(=O)OC1COC(C)(C)OC1. The van der Waals surface area contributed by atoms with E-state index in [1.165, 1.54) is 6.92 Å². The Hall–Kier alpha value is -0.170. The Morgan fingerprint density at radius 1 is 1.36 bits per heavy atom. The molecule has 0 atom stereocenters. The molecule has 0 saturated carbocycles. The molecule has 0 unspecified atom stereocenters. The van der Waals surface area contributed by atoms with Crippen LogP contribution in [-0.4, -0.2) is 39.3 Å². The largest absolute Gasteiger partial charge is 0.348 e. The van der Waals surface area contributed by atoms with E-state index < -0.39 is 22.0 Å². The lowest BCUT2D eigenvalue weighted by Crippen LogP contribution is -2.44. The fourth-order valence-electron chi connectivity index (χ4n) is 1.01. The summed E-state index contributed by atoms with van der Waals surface area (Å²) in [5.41, 5.74) is 0. The second-order valence-corrected chi connectivity index (χ2v) is 5.47. The summed E-state index contributed by atoms with van der Waals surface area (Å²) < 4.78 is 37.5. The van der Waals surface area contributed by atoms with Gasteiger partial charge in [-0.15, -0.1) is 0 Å².